The highest BCUT2D eigenvalue weighted by atomic mass is 35.7. The van der Waals surface area contributed by atoms with Crippen LogP contribution in [-0.2, 0) is 15.6 Å². The van der Waals surface area contributed by atoms with Gasteiger partial charge in [0.1, 0.15) is 11.4 Å². The van der Waals surface area contributed by atoms with Crippen LogP contribution in [0.15, 0.2) is 34.0 Å². The molecule has 0 aliphatic carbocycles. The van der Waals surface area contributed by atoms with Crippen LogP contribution in [0.2, 0.25) is 0 Å². The SMILES string of the molecule is COc1ccc(S(=O)(=O)Cl)cc1CNC(=O)c1cscn1. The van der Waals surface area contributed by atoms with Gasteiger partial charge in [0.05, 0.1) is 17.5 Å². The fraction of sp³-hybridized carbons (Fsp3) is 0.167. The Morgan fingerprint density at radius 3 is 2.81 bits per heavy atom. The fourth-order valence-electron chi connectivity index (χ4n) is 1.64. The van der Waals surface area contributed by atoms with Crippen molar-refractivity contribution >= 4 is 37.0 Å². The molecule has 0 bridgehead atoms. The van der Waals surface area contributed by atoms with Crippen LogP contribution < -0.4 is 10.1 Å². The van der Waals surface area contributed by atoms with Gasteiger partial charge < -0.3 is 10.1 Å². The highest BCUT2D eigenvalue weighted by molar-refractivity contribution is 8.13. The summed E-state index contributed by atoms with van der Waals surface area (Å²) < 4.78 is 27.8. The fourth-order valence-corrected chi connectivity index (χ4v) is 2.97. The molecule has 9 heteroatoms. The summed E-state index contributed by atoms with van der Waals surface area (Å²) in [6.07, 6.45) is 0. The lowest BCUT2D eigenvalue weighted by molar-refractivity contribution is 0.0946. The second-order valence-corrected chi connectivity index (χ2v) is 7.25. The molecule has 0 unspecified atom stereocenters. The van der Waals surface area contributed by atoms with Crippen molar-refractivity contribution in [1.82, 2.24) is 10.3 Å². The smallest absolute Gasteiger partial charge is 0.271 e. The van der Waals surface area contributed by atoms with Crippen LogP contribution in [0.3, 0.4) is 0 Å². The summed E-state index contributed by atoms with van der Waals surface area (Å²) in [7, 11) is 2.92. The van der Waals surface area contributed by atoms with E-state index in [-0.39, 0.29) is 17.3 Å². The van der Waals surface area contributed by atoms with Crippen molar-refractivity contribution in [1.29, 1.82) is 0 Å². The average molecular weight is 347 g/mol. The van der Waals surface area contributed by atoms with Gasteiger partial charge in [-0.1, -0.05) is 0 Å². The van der Waals surface area contributed by atoms with E-state index in [1.807, 2.05) is 0 Å². The molecule has 1 amide bonds. The van der Waals surface area contributed by atoms with Gasteiger partial charge in [0.15, 0.2) is 0 Å². The van der Waals surface area contributed by atoms with Gasteiger partial charge >= 0.3 is 0 Å². The number of aromatic nitrogens is 1. The van der Waals surface area contributed by atoms with Crippen molar-refractivity contribution in [2.24, 2.45) is 0 Å². The Balaban J connectivity index is 2.20. The number of methoxy groups -OCH3 is 1. The number of ether oxygens (including phenoxy) is 1. The number of rotatable bonds is 5. The van der Waals surface area contributed by atoms with Gasteiger partial charge in [-0.3, -0.25) is 4.79 Å². The number of nitrogens with zero attached hydrogens (tertiary/aromatic N) is 1. The molecule has 0 aliphatic rings. The molecule has 21 heavy (non-hydrogen) atoms. The van der Waals surface area contributed by atoms with Crippen LogP contribution in [-0.4, -0.2) is 26.4 Å². The molecule has 1 aromatic heterocycles. The lowest BCUT2D eigenvalue weighted by atomic mass is 10.2. The molecule has 0 saturated carbocycles. The number of hydrogen-bond acceptors (Lipinski definition) is 6. The second-order valence-electron chi connectivity index (χ2n) is 3.97. The molecule has 2 rings (SSSR count). The Hall–Kier alpha value is -1.64. The third kappa shape index (κ3) is 3.93. The van der Waals surface area contributed by atoms with E-state index in [1.165, 1.54) is 36.6 Å². The molecule has 2 aromatic rings. The number of benzene rings is 1. The maximum atomic E-state index is 11.8. The summed E-state index contributed by atoms with van der Waals surface area (Å²) in [6, 6.07) is 4.19. The molecule has 112 valence electrons. The maximum Gasteiger partial charge on any atom is 0.271 e. The molecular weight excluding hydrogens is 336 g/mol. The highest BCUT2D eigenvalue weighted by Gasteiger charge is 2.15. The van der Waals surface area contributed by atoms with E-state index in [9.17, 15) is 13.2 Å². The number of halogens is 1. The molecule has 0 fully saturated rings. The zero-order chi connectivity index (χ0) is 15.5. The van der Waals surface area contributed by atoms with E-state index in [1.54, 1.807) is 10.9 Å². The standard InChI is InChI=1S/C12H11ClN2O4S2/c1-19-11-3-2-9(21(13,17)18)4-8(11)5-14-12(16)10-6-20-7-15-10/h2-4,6-7H,5H2,1H3,(H,14,16). The summed E-state index contributed by atoms with van der Waals surface area (Å²) in [4.78, 5) is 15.6. The van der Waals surface area contributed by atoms with Crippen molar-refractivity contribution in [2.75, 3.05) is 7.11 Å². The molecule has 0 spiro atoms. The van der Waals surface area contributed by atoms with Crippen LogP contribution in [0.25, 0.3) is 0 Å². The number of nitrogens with one attached hydrogen (secondary N) is 1. The van der Waals surface area contributed by atoms with Gasteiger partial charge in [0.2, 0.25) is 0 Å². The van der Waals surface area contributed by atoms with E-state index < -0.39 is 9.05 Å². The Kier molecular flexibility index (Phi) is 4.81. The van der Waals surface area contributed by atoms with Crippen LogP contribution in [0, 0.1) is 0 Å². The minimum atomic E-state index is -3.84. The van der Waals surface area contributed by atoms with E-state index in [0.29, 0.717) is 17.0 Å². The van der Waals surface area contributed by atoms with Crippen molar-refractivity contribution in [3.8, 4) is 5.75 Å². The van der Waals surface area contributed by atoms with Crippen LogP contribution in [0.1, 0.15) is 16.1 Å². The van der Waals surface area contributed by atoms with Crippen molar-refractivity contribution < 1.29 is 17.9 Å². The van der Waals surface area contributed by atoms with Gasteiger partial charge in [-0.2, -0.15) is 0 Å². The average Bonchev–Trinajstić information content (AvgIpc) is 2.97. The quantitative estimate of drug-likeness (QED) is 0.837. The summed E-state index contributed by atoms with van der Waals surface area (Å²) >= 11 is 1.31. The number of hydrogen-bond donors (Lipinski definition) is 1. The second kappa shape index (κ2) is 6.42. The zero-order valence-electron chi connectivity index (χ0n) is 10.9. The normalized spacial score (nSPS) is 11.1. The Bertz CT molecular complexity index is 745. The van der Waals surface area contributed by atoms with E-state index >= 15 is 0 Å². The highest BCUT2D eigenvalue weighted by Crippen LogP contribution is 2.24. The lowest BCUT2D eigenvalue weighted by Gasteiger charge is -2.10. The Morgan fingerprint density at radius 2 is 2.24 bits per heavy atom. The predicted octanol–water partition coefficient (Wildman–Crippen LogP) is 2.01. The molecule has 0 aliphatic heterocycles. The van der Waals surface area contributed by atoms with Gasteiger partial charge in [-0.05, 0) is 18.2 Å². The van der Waals surface area contributed by atoms with Crippen LogP contribution in [0.5, 0.6) is 5.75 Å². The maximum absolute atomic E-state index is 11.8. The molecule has 0 radical (unpaired) electrons. The van der Waals surface area contributed by atoms with Crippen LogP contribution in [0.4, 0.5) is 0 Å². The van der Waals surface area contributed by atoms with E-state index in [2.05, 4.69) is 10.3 Å². The first-order chi connectivity index (χ1) is 9.91. The predicted molar refractivity (Wildman–Crippen MR) is 79.3 cm³/mol. The van der Waals surface area contributed by atoms with Crippen molar-refractivity contribution in [3.05, 3.63) is 40.3 Å². The summed E-state index contributed by atoms with van der Waals surface area (Å²) in [5.41, 5.74) is 2.36. The minimum absolute atomic E-state index is 0.0529. The number of thiazole rings is 1. The van der Waals surface area contributed by atoms with Crippen LogP contribution >= 0.6 is 22.0 Å². The molecule has 0 saturated heterocycles. The number of carbonyl (C=O) groups excluding carboxylic acids is 1. The van der Waals surface area contributed by atoms with Gasteiger partial charge in [0, 0.05) is 28.2 Å². The van der Waals surface area contributed by atoms with Gasteiger partial charge in [0.25, 0.3) is 15.0 Å². The molecule has 1 N–H and O–H groups in total. The van der Waals surface area contributed by atoms with E-state index in [4.69, 9.17) is 15.4 Å². The first kappa shape index (κ1) is 15.7. The van der Waals surface area contributed by atoms with Gasteiger partial charge in [-0.25, -0.2) is 13.4 Å². The largest absolute Gasteiger partial charge is 0.496 e. The minimum Gasteiger partial charge on any atom is -0.496 e. The third-order valence-electron chi connectivity index (χ3n) is 2.64. The lowest BCUT2D eigenvalue weighted by Crippen LogP contribution is -2.23. The summed E-state index contributed by atoms with van der Waals surface area (Å²) in [5.74, 6) is 0.107. The Morgan fingerprint density at radius 1 is 1.48 bits per heavy atom. The van der Waals surface area contributed by atoms with Gasteiger partial charge in [-0.15, -0.1) is 11.3 Å². The molecule has 6 nitrogen and oxygen atoms in total. The Labute approximate surface area is 130 Å². The van der Waals surface area contributed by atoms with E-state index in [0.717, 1.165) is 0 Å². The third-order valence-corrected chi connectivity index (χ3v) is 4.58. The number of amides is 1. The topological polar surface area (TPSA) is 85.4 Å². The molecule has 0 atom stereocenters. The molecular formula is C12H11ClN2O4S2. The zero-order valence-corrected chi connectivity index (χ0v) is 13.3. The summed E-state index contributed by atoms with van der Waals surface area (Å²) in [6.45, 7) is 0.0970. The van der Waals surface area contributed by atoms with Crippen molar-refractivity contribution in [2.45, 2.75) is 11.4 Å². The first-order valence-electron chi connectivity index (χ1n) is 5.70. The first-order valence-corrected chi connectivity index (χ1v) is 8.95. The summed E-state index contributed by atoms with van der Waals surface area (Å²) in [5, 5.41) is 4.26. The number of carbonyl (C=O) groups is 1. The monoisotopic (exact) mass is 346 g/mol. The van der Waals surface area contributed by atoms with Crippen molar-refractivity contribution in [3.63, 3.8) is 0 Å². The molecule has 1 aromatic carbocycles. The molecule has 1 heterocycles.